The van der Waals surface area contributed by atoms with E-state index in [1.54, 1.807) is 25.3 Å². The summed E-state index contributed by atoms with van der Waals surface area (Å²) in [4.78, 5) is 4.07. The van der Waals surface area contributed by atoms with Crippen LogP contribution in [0.2, 0.25) is 0 Å². The monoisotopic (exact) mass is 299 g/mol. The first kappa shape index (κ1) is 15.4. The first-order valence-electron chi connectivity index (χ1n) is 6.09. The van der Waals surface area contributed by atoms with Gasteiger partial charge in [-0.25, -0.2) is 9.82 Å². The van der Waals surface area contributed by atoms with Crippen molar-refractivity contribution in [2.45, 2.75) is 19.1 Å². The number of nitrogens with two attached hydrogens (primary N) is 1. The first-order valence-corrected chi connectivity index (χ1v) is 6.09. The topological polar surface area (TPSA) is 50.9 Å². The van der Waals surface area contributed by atoms with E-state index in [9.17, 15) is 17.6 Å². The molecule has 2 rings (SSSR count). The van der Waals surface area contributed by atoms with Crippen molar-refractivity contribution in [1.29, 1.82) is 0 Å². The highest BCUT2D eigenvalue weighted by atomic mass is 19.4. The number of nitrogens with one attached hydrogen (secondary N) is 1. The highest BCUT2D eigenvalue weighted by Gasteiger charge is 2.34. The lowest BCUT2D eigenvalue weighted by molar-refractivity contribution is -0.140. The van der Waals surface area contributed by atoms with E-state index in [2.05, 4.69) is 10.4 Å². The van der Waals surface area contributed by atoms with E-state index in [1.807, 2.05) is 0 Å². The maximum Gasteiger partial charge on any atom is 0.419 e. The molecule has 112 valence electrons. The summed E-state index contributed by atoms with van der Waals surface area (Å²) in [6.07, 6.45) is -3.19. The number of nitrogens with zero attached hydrogens (tertiary/aromatic N) is 1. The molecule has 0 radical (unpaired) electrons. The van der Waals surface area contributed by atoms with Gasteiger partial charge in [0.05, 0.1) is 11.6 Å². The molecule has 0 fully saturated rings. The van der Waals surface area contributed by atoms with Gasteiger partial charge in [0.25, 0.3) is 0 Å². The van der Waals surface area contributed by atoms with Crippen LogP contribution in [0.3, 0.4) is 0 Å². The molecule has 0 spiro atoms. The summed E-state index contributed by atoms with van der Waals surface area (Å²) in [5.41, 5.74) is 2.58. The second-order valence-corrected chi connectivity index (χ2v) is 4.51. The van der Waals surface area contributed by atoms with Gasteiger partial charge in [0, 0.05) is 11.9 Å². The molecule has 0 saturated heterocycles. The lowest BCUT2D eigenvalue weighted by Crippen LogP contribution is -2.30. The number of pyridine rings is 1. The average molecular weight is 299 g/mol. The van der Waals surface area contributed by atoms with Crippen LogP contribution in [0.15, 0.2) is 36.5 Å². The second kappa shape index (κ2) is 5.79. The number of hydrogen-bond donors (Lipinski definition) is 2. The molecule has 3 N–H and O–H groups in total. The molecular formula is C14H13F4N3. The molecule has 0 aliphatic rings. The third kappa shape index (κ3) is 3.20. The maximum atomic E-state index is 13.3. The van der Waals surface area contributed by atoms with E-state index in [0.29, 0.717) is 11.3 Å². The van der Waals surface area contributed by atoms with Crippen LogP contribution in [0.4, 0.5) is 17.6 Å². The van der Waals surface area contributed by atoms with Crippen molar-refractivity contribution in [2.24, 2.45) is 5.84 Å². The number of hydrogen-bond acceptors (Lipinski definition) is 3. The molecule has 0 aliphatic carbocycles. The minimum Gasteiger partial charge on any atom is -0.271 e. The third-order valence-corrected chi connectivity index (χ3v) is 3.15. The Morgan fingerprint density at radius 3 is 2.52 bits per heavy atom. The highest BCUT2D eigenvalue weighted by Crippen LogP contribution is 2.34. The molecule has 0 amide bonds. The SMILES string of the molecule is Cc1ncccc1C(NN)c1ccc(F)c(C(F)(F)F)c1. The standard InChI is InChI=1S/C14H13F4N3/c1-8-10(3-2-6-20-8)13(21-19)9-4-5-12(15)11(7-9)14(16,17)18/h2-7,13,21H,19H2,1H3. The highest BCUT2D eigenvalue weighted by molar-refractivity contribution is 5.37. The van der Waals surface area contributed by atoms with E-state index in [4.69, 9.17) is 5.84 Å². The lowest BCUT2D eigenvalue weighted by atomic mass is 9.96. The van der Waals surface area contributed by atoms with Crippen molar-refractivity contribution in [2.75, 3.05) is 0 Å². The number of rotatable bonds is 3. The van der Waals surface area contributed by atoms with Gasteiger partial charge < -0.3 is 0 Å². The molecule has 1 aromatic carbocycles. The predicted octanol–water partition coefficient (Wildman–Crippen LogP) is 3.10. The van der Waals surface area contributed by atoms with Crippen LogP contribution in [-0.4, -0.2) is 4.98 Å². The number of benzene rings is 1. The molecule has 7 heteroatoms. The molecule has 2 aromatic rings. The van der Waals surface area contributed by atoms with Crippen LogP contribution in [-0.2, 0) is 6.18 Å². The van der Waals surface area contributed by atoms with E-state index in [0.717, 1.165) is 12.1 Å². The number of aromatic nitrogens is 1. The summed E-state index contributed by atoms with van der Waals surface area (Å²) in [5, 5.41) is 0. The van der Waals surface area contributed by atoms with Crippen LogP contribution < -0.4 is 11.3 Å². The van der Waals surface area contributed by atoms with Crippen LogP contribution in [0, 0.1) is 12.7 Å². The Hall–Kier alpha value is -1.99. The van der Waals surface area contributed by atoms with Crippen LogP contribution in [0.5, 0.6) is 0 Å². The van der Waals surface area contributed by atoms with Gasteiger partial charge >= 0.3 is 6.18 Å². The summed E-state index contributed by atoms with van der Waals surface area (Å²) >= 11 is 0. The normalized spacial score (nSPS) is 13.2. The molecule has 1 atom stereocenters. The zero-order chi connectivity index (χ0) is 15.6. The maximum absolute atomic E-state index is 13.3. The smallest absolute Gasteiger partial charge is 0.271 e. The summed E-state index contributed by atoms with van der Waals surface area (Å²) in [5.74, 6) is 4.14. The Morgan fingerprint density at radius 1 is 1.24 bits per heavy atom. The lowest BCUT2D eigenvalue weighted by Gasteiger charge is -2.20. The Bertz CT molecular complexity index is 640. The predicted molar refractivity (Wildman–Crippen MR) is 69.5 cm³/mol. The van der Waals surface area contributed by atoms with Crippen LogP contribution in [0.25, 0.3) is 0 Å². The number of hydrazine groups is 1. The van der Waals surface area contributed by atoms with Crippen molar-refractivity contribution in [3.63, 3.8) is 0 Å². The van der Waals surface area contributed by atoms with E-state index >= 15 is 0 Å². The molecule has 21 heavy (non-hydrogen) atoms. The van der Waals surface area contributed by atoms with E-state index < -0.39 is 23.6 Å². The van der Waals surface area contributed by atoms with Gasteiger partial charge in [0.2, 0.25) is 0 Å². The minimum absolute atomic E-state index is 0.210. The van der Waals surface area contributed by atoms with Gasteiger partial charge in [0.1, 0.15) is 5.82 Å². The van der Waals surface area contributed by atoms with Crippen molar-refractivity contribution in [3.8, 4) is 0 Å². The molecule has 1 unspecified atom stereocenters. The Balaban J connectivity index is 2.52. The van der Waals surface area contributed by atoms with E-state index in [-0.39, 0.29) is 5.56 Å². The summed E-state index contributed by atoms with van der Waals surface area (Å²) in [6, 6.07) is 5.45. The van der Waals surface area contributed by atoms with Crippen molar-refractivity contribution < 1.29 is 17.6 Å². The fourth-order valence-corrected chi connectivity index (χ4v) is 2.11. The molecule has 3 nitrogen and oxygen atoms in total. The van der Waals surface area contributed by atoms with Gasteiger partial charge in [-0.05, 0) is 36.2 Å². The van der Waals surface area contributed by atoms with Crippen LogP contribution in [0.1, 0.15) is 28.4 Å². The Labute approximate surface area is 118 Å². The zero-order valence-corrected chi connectivity index (χ0v) is 11.1. The summed E-state index contributed by atoms with van der Waals surface area (Å²) in [7, 11) is 0. The second-order valence-electron chi connectivity index (χ2n) is 4.51. The molecule has 0 aliphatic heterocycles. The van der Waals surface area contributed by atoms with Crippen molar-refractivity contribution in [3.05, 3.63) is 64.7 Å². The van der Waals surface area contributed by atoms with Gasteiger partial charge in [-0.2, -0.15) is 13.2 Å². The number of halogens is 4. The van der Waals surface area contributed by atoms with Crippen molar-refractivity contribution in [1.82, 2.24) is 10.4 Å². The molecular weight excluding hydrogens is 286 g/mol. The fourth-order valence-electron chi connectivity index (χ4n) is 2.11. The summed E-state index contributed by atoms with van der Waals surface area (Å²) in [6.45, 7) is 1.72. The first-order chi connectivity index (χ1) is 9.84. The van der Waals surface area contributed by atoms with Gasteiger partial charge in [-0.1, -0.05) is 12.1 Å². The third-order valence-electron chi connectivity index (χ3n) is 3.15. The van der Waals surface area contributed by atoms with Gasteiger partial charge in [-0.3, -0.25) is 10.8 Å². The quantitative estimate of drug-likeness (QED) is 0.520. The molecule has 0 bridgehead atoms. The zero-order valence-electron chi connectivity index (χ0n) is 11.1. The average Bonchev–Trinajstić information content (AvgIpc) is 2.42. The number of aryl methyl sites for hydroxylation is 1. The van der Waals surface area contributed by atoms with Gasteiger partial charge in [0.15, 0.2) is 0 Å². The molecule has 0 saturated carbocycles. The molecule has 1 aromatic heterocycles. The molecule has 1 heterocycles. The van der Waals surface area contributed by atoms with Crippen molar-refractivity contribution >= 4 is 0 Å². The Kier molecular flexibility index (Phi) is 4.24. The fraction of sp³-hybridized carbons (Fsp3) is 0.214. The number of alkyl halides is 3. The van der Waals surface area contributed by atoms with Gasteiger partial charge in [-0.15, -0.1) is 0 Å². The van der Waals surface area contributed by atoms with E-state index in [1.165, 1.54) is 6.07 Å². The summed E-state index contributed by atoms with van der Waals surface area (Å²) < 4.78 is 51.7. The largest absolute Gasteiger partial charge is 0.419 e. The Morgan fingerprint density at radius 2 is 1.95 bits per heavy atom. The van der Waals surface area contributed by atoms with Crippen LogP contribution >= 0.6 is 0 Å². The minimum atomic E-state index is -4.76.